The van der Waals surface area contributed by atoms with Crippen molar-refractivity contribution in [2.75, 3.05) is 38.1 Å². The van der Waals surface area contributed by atoms with Crippen LogP contribution in [0.1, 0.15) is 46.0 Å². The minimum atomic E-state index is -4.70. The third-order valence-electron chi connectivity index (χ3n) is 7.14. The van der Waals surface area contributed by atoms with Gasteiger partial charge in [-0.1, -0.05) is 0 Å². The van der Waals surface area contributed by atoms with E-state index in [-0.39, 0.29) is 35.3 Å². The maximum absolute atomic E-state index is 13.9. The van der Waals surface area contributed by atoms with Crippen molar-refractivity contribution in [1.29, 1.82) is 0 Å². The second-order valence-corrected chi connectivity index (χ2v) is 9.51. The van der Waals surface area contributed by atoms with Crippen molar-refractivity contribution < 1.29 is 29.4 Å². The minimum absolute atomic E-state index is 0.0749. The van der Waals surface area contributed by atoms with Gasteiger partial charge < -0.3 is 15.0 Å². The molecule has 11 heteroatoms. The number of anilines is 1. The predicted molar refractivity (Wildman–Crippen MR) is 119 cm³/mol. The summed E-state index contributed by atoms with van der Waals surface area (Å²) in [6.07, 6.45) is -3.02. The number of aromatic nitrogens is 3. The number of ether oxygens (including phenoxy) is 1. The molecule has 0 spiro atoms. The Bertz CT molecular complexity index is 1100. The predicted octanol–water partition coefficient (Wildman–Crippen LogP) is 5.04. The van der Waals surface area contributed by atoms with Crippen LogP contribution in [0.15, 0.2) is 24.5 Å². The van der Waals surface area contributed by atoms with Crippen molar-refractivity contribution in [3.05, 3.63) is 35.7 Å². The molecule has 1 saturated carbocycles. The Hall–Kier alpha value is -2.40. The molecule has 6 nitrogen and oxygen atoms in total. The molecule has 0 amide bonds. The van der Waals surface area contributed by atoms with Crippen LogP contribution in [0.4, 0.5) is 27.8 Å². The maximum atomic E-state index is 13.9. The van der Waals surface area contributed by atoms with Gasteiger partial charge in [0.25, 0.3) is 6.43 Å². The summed E-state index contributed by atoms with van der Waals surface area (Å²) in [5, 5.41) is 10.7. The van der Waals surface area contributed by atoms with E-state index in [2.05, 4.69) is 20.5 Å². The molecule has 2 atom stereocenters. The lowest BCUT2D eigenvalue weighted by Crippen LogP contribution is -2.32. The van der Waals surface area contributed by atoms with Gasteiger partial charge in [-0.3, -0.25) is 4.98 Å². The molecule has 0 bridgehead atoms. The number of pyridine rings is 1. The molecule has 2 aromatic heterocycles. The van der Waals surface area contributed by atoms with Crippen molar-refractivity contribution in [3.63, 3.8) is 0 Å². The fourth-order valence-electron chi connectivity index (χ4n) is 5.46. The van der Waals surface area contributed by atoms with Gasteiger partial charge in [0.2, 0.25) is 0 Å². The molecule has 2 saturated heterocycles. The van der Waals surface area contributed by atoms with E-state index in [0.717, 1.165) is 24.5 Å². The average Bonchev–Trinajstić information content (AvgIpc) is 3.44. The number of alkyl halides is 5. The summed E-state index contributed by atoms with van der Waals surface area (Å²) < 4.78 is 90.8. The number of nitrogens with zero attached hydrogens (tertiary/aromatic N) is 4. The first-order chi connectivity index (χ1) is 17.5. The second kappa shape index (κ2) is 9.93. The van der Waals surface area contributed by atoms with Gasteiger partial charge in [-0.25, -0.2) is 8.78 Å². The van der Waals surface area contributed by atoms with Gasteiger partial charge in [-0.2, -0.15) is 13.2 Å². The maximum Gasteiger partial charge on any atom is 0.417 e. The van der Waals surface area contributed by atoms with Gasteiger partial charge in [0, 0.05) is 59.5 Å². The highest BCUT2D eigenvalue weighted by molar-refractivity contribution is 5.65. The van der Waals surface area contributed by atoms with E-state index in [1.54, 1.807) is 0 Å². The highest BCUT2D eigenvalue weighted by atomic mass is 19.4. The lowest BCUT2D eigenvalue weighted by Gasteiger charge is -2.28. The van der Waals surface area contributed by atoms with Gasteiger partial charge in [-0.05, 0) is 55.6 Å². The van der Waals surface area contributed by atoms with Gasteiger partial charge in [0.1, 0.15) is 0 Å². The molecular weight excluding hydrogens is 469 g/mol. The van der Waals surface area contributed by atoms with Crippen LogP contribution in [0.3, 0.4) is 0 Å². The van der Waals surface area contributed by atoms with Crippen molar-refractivity contribution in [3.8, 4) is 11.3 Å². The van der Waals surface area contributed by atoms with Crippen LogP contribution in [0.25, 0.3) is 11.3 Å². The molecule has 3 fully saturated rings. The first-order valence-corrected chi connectivity index (χ1v) is 11.8. The molecule has 2 unspecified atom stereocenters. The van der Waals surface area contributed by atoms with E-state index >= 15 is 0 Å². The summed E-state index contributed by atoms with van der Waals surface area (Å²) in [6.45, 7) is 0.924. The van der Waals surface area contributed by atoms with Crippen molar-refractivity contribution in [2.24, 2.45) is 17.8 Å². The summed E-state index contributed by atoms with van der Waals surface area (Å²) in [7, 11) is 0. The van der Waals surface area contributed by atoms with E-state index in [0.29, 0.717) is 52.0 Å². The topological polar surface area (TPSA) is 63.2 Å². The quantitative estimate of drug-likeness (QED) is 0.562. The Balaban J connectivity index is 1.28. The fraction of sp³-hybridized carbons (Fsp3) is 0.625. The number of halogens is 5. The molecule has 1 N–H and O–H groups in total. The minimum Gasteiger partial charge on any atom is -0.381 e. The van der Waals surface area contributed by atoms with E-state index in [1.807, 2.05) is 4.90 Å². The molecular formula is C24H28F5N5O. The van der Waals surface area contributed by atoms with Crippen LogP contribution in [-0.4, -0.2) is 58.9 Å². The summed E-state index contributed by atoms with van der Waals surface area (Å²) in [5.74, 6) is 0.225. The largest absolute Gasteiger partial charge is 0.417 e. The van der Waals surface area contributed by atoms with E-state index < -0.39 is 35.8 Å². The first-order valence-electron chi connectivity index (χ1n) is 12.8. The Morgan fingerprint density at radius 3 is 2.51 bits per heavy atom. The molecule has 35 heavy (non-hydrogen) atoms. The van der Waals surface area contributed by atoms with Gasteiger partial charge in [0.05, 0.1) is 16.8 Å². The molecule has 0 radical (unpaired) electrons. The Labute approximate surface area is 203 Å². The Morgan fingerprint density at radius 2 is 1.86 bits per heavy atom. The normalized spacial score (nSPS) is 27.1. The number of hydrogen-bond acceptors (Lipinski definition) is 6. The van der Waals surface area contributed by atoms with Gasteiger partial charge in [-0.15, -0.1) is 10.2 Å². The van der Waals surface area contributed by atoms with Crippen LogP contribution in [0.5, 0.6) is 0 Å². The summed E-state index contributed by atoms with van der Waals surface area (Å²) >= 11 is 0. The number of nitrogens with one attached hydrogen (secondary N) is 1. The monoisotopic (exact) mass is 499 g/mol. The lowest BCUT2D eigenvalue weighted by molar-refractivity contribution is -0.137. The summed E-state index contributed by atoms with van der Waals surface area (Å²) in [4.78, 5) is 5.61. The van der Waals surface area contributed by atoms with E-state index in [9.17, 15) is 22.0 Å². The molecule has 190 valence electrons. The molecule has 3 aliphatic rings. The van der Waals surface area contributed by atoms with Crippen LogP contribution in [-0.2, 0) is 10.9 Å². The molecule has 4 heterocycles. The summed E-state index contributed by atoms with van der Waals surface area (Å²) in [5.41, 5.74) is -2.27. The van der Waals surface area contributed by atoms with Crippen molar-refractivity contribution in [1.82, 2.24) is 20.1 Å². The zero-order chi connectivity index (χ0) is 26.4. The SMILES string of the molecule is [2H]C([2H])(C1CCOCC1)N1CC2CC(Nc3nnc(-c4cnccc4C(F)(F)F)cc3C(F)F)CC2C1. The first kappa shape index (κ1) is 21.8. The molecule has 5 rings (SSSR count). The average molecular weight is 500 g/mol. The third-order valence-corrected chi connectivity index (χ3v) is 7.14. The van der Waals surface area contributed by atoms with Crippen molar-refractivity contribution >= 4 is 5.82 Å². The van der Waals surface area contributed by atoms with Crippen LogP contribution >= 0.6 is 0 Å². The summed E-state index contributed by atoms with van der Waals surface area (Å²) in [6, 6.07) is 1.55. The lowest BCUT2D eigenvalue weighted by atomic mass is 10.00. The van der Waals surface area contributed by atoms with Crippen LogP contribution in [0, 0.1) is 17.8 Å². The number of fused-ring (bicyclic) bond motifs is 1. The van der Waals surface area contributed by atoms with Gasteiger partial charge >= 0.3 is 6.18 Å². The van der Waals surface area contributed by atoms with Crippen LogP contribution < -0.4 is 5.32 Å². The Morgan fingerprint density at radius 1 is 1.14 bits per heavy atom. The Kier molecular flexibility index (Phi) is 6.20. The van der Waals surface area contributed by atoms with Gasteiger partial charge in [0.15, 0.2) is 5.82 Å². The number of hydrogen-bond donors (Lipinski definition) is 1. The molecule has 1 aliphatic carbocycles. The molecule has 0 aromatic carbocycles. The van der Waals surface area contributed by atoms with E-state index in [4.69, 9.17) is 7.48 Å². The zero-order valence-electron chi connectivity index (χ0n) is 20.9. The van der Waals surface area contributed by atoms with Crippen LogP contribution in [0.2, 0.25) is 0 Å². The molecule has 2 aliphatic heterocycles. The van der Waals surface area contributed by atoms with E-state index in [1.165, 1.54) is 0 Å². The second-order valence-electron chi connectivity index (χ2n) is 9.51. The smallest absolute Gasteiger partial charge is 0.381 e. The number of rotatable bonds is 6. The highest BCUT2D eigenvalue weighted by Gasteiger charge is 2.42. The highest BCUT2D eigenvalue weighted by Crippen LogP contribution is 2.41. The fourth-order valence-corrected chi connectivity index (χ4v) is 5.46. The van der Waals surface area contributed by atoms with Crippen molar-refractivity contribution in [2.45, 2.75) is 44.3 Å². The third kappa shape index (κ3) is 5.40. The number of likely N-dealkylation sites (tertiary alicyclic amines) is 1. The standard InChI is InChI=1S/C24H28F5N5O/c25-22(26)18-9-21(19-10-30-4-1-20(19)24(27,28)29)32-33-23(18)31-17-7-15-12-34(13-16(15)8-17)11-14-2-5-35-6-3-14/h1,4,9-10,14-17,22H,2-3,5-8,11-13H2,(H,31,33)/i11D2. The molecule has 2 aromatic rings. The zero-order valence-corrected chi connectivity index (χ0v) is 18.9.